The minimum atomic E-state index is -0.394. The third-order valence-electron chi connectivity index (χ3n) is 5.82. The normalized spacial score (nSPS) is 13.6. The molecule has 164 valence electrons. The molecule has 32 heavy (non-hydrogen) atoms. The Balaban J connectivity index is 1.62. The van der Waals surface area contributed by atoms with E-state index in [-0.39, 0.29) is 18.2 Å². The van der Waals surface area contributed by atoms with Crippen molar-refractivity contribution in [3.05, 3.63) is 93.5 Å². The Morgan fingerprint density at radius 3 is 2.53 bits per heavy atom. The van der Waals surface area contributed by atoms with Crippen molar-refractivity contribution in [3.63, 3.8) is 0 Å². The van der Waals surface area contributed by atoms with E-state index < -0.39 is 6.04 Å². The zero-order valence-electron chi connectivity index (χ0n) is 18.3. The maximum atomic E-state index is 13.2. The number of methoxy groups -OCH3 is 1. The smallest absolute Gasteiger partial charge is 0.255 e. The lowest BCUT2D eigenvalue weighted by molar-refractivity contribution is -0.117. The number of carbonyl (C=O) groups excluding carboxylic acids is 2. The Morgan fingerprint density at radius 2 is 1.84 bits per heavy atom. The average molecular weight is 449 g/mol. The maximum absolute atomic E-state index is 13.2. The van der Waals surface area contributed by atoms with Gasteiger partial charge in [0.1, 0.15) is 5.75 Å². The van der Waals surface area contributed by atoms with Crippen molar-refractivity contribution in [2.24, 2.45) is 0 Å². The fourth-order valence-corrected chi connectivity index (χ4v) is 4.19. The summed E-state index contributed by atoms with van der Waals surface area (Å²) in [5.41, 5.74) is 5.10. The van der Waals surface area contributed by atoms with Crippen molar-refractivity contribution in [3.8, 4) is 5.75 Å². The van der Waals surface area contributed by atoms with Crippen LogP contribution in [0.2, 0.25) is 5.02 Å². The lowest BCUT2D eigenvalue weighted by Crippen LogP contribution is -2.32. The second kappa shape index (κ2) is 9.05. The van der Waals surface area contributed by atoms with Gasteiger partial charge >= 0.3 is 0 Å². The largest absolute Gasteiger partial charge is 0.495 e. The number of hydrogen-bond donors (Lipinski definition) is 1. The monoisotopic (exact) mass is 448 g/mol. The van der Waals surface area contributed by atoms with Crippen LogP contribution in [0.3, 0.4) is 0 Å². The molecule has 0 unspecified atom stereocenters. The molecule has 3 aromatic carbocycles. The summed E-state index contributed by atoms with van der Waals surface area (Å²) in [6.07, 6.45) is 0.119. The third-order valence-corrected chi connectivity index (χ3v) is 6.23. The third kappa shape index (κ3) is 4.34. The fraction of sp³-hybridized carbons (Fsp3) is 0.231. The molecule has 2 amide bonds. The fourth-order valence-electron chi connectivity index (χ4n) is 4.03. The summed E-state index contributed by atoms with van der Waals surface area (Å²) in [6, 6.07) is 18.6. The van der Waals surface area contributed by atoms with Gasteiger partial charge in [0.05, 0.1) is 25.3 Å². The number of benzene rings is 3. The molecule has 0 radical (unpaired) electrons. The number of rotatable bonds is 6. The van der Waals surface area contributed by atoms with Crippen LogP contribution in [0, 0.1) is 13.8 Å². The lowest BCUT2D eigenvalue weighted by Gasteiger charge is -2.28. The van der Waals surface area contributed by atoms with Gasteiger partial charge in [-0.15, -0.1) is 0 Å². The maximum Gasteiger partial charge on any atom is 0.255 e. The first-order chi connectivity index (χ1) is 15.4. The number of anilines is 1. The van der Waals surface area contributed by atoms with E-state index in [1.165, 1.54) is 7.11 Å². The Morgan fingerprint density at radius 1 is 1.12 bits per heavy atom. The number of hydrogen-bond acceptors (Lipinski definition) is 3. The van der Waals surface area contributed by atoms with Crippen molar-refractivity contribution in [2.45, 2.75) is 32.9 Å². The molecule has 0 spiro atoms. The van der Waals surface area contributed by atoms with E-state index in [9.17, 15) is 9.59 Å². The van der Waals surface area contributed by atoms with E-state index in [0.717, 1.165) is 22.3 Å². The predicted octanol–water partition coefficient (Wildman–Crippen LogP) is 5.69. The molecule has 1 aliphatic heterocycles. The molecule has 1 heterocycles. The van der Waals surface area contributed by atoms with Crippen LogP contribution in [0.25, 0.3) is 0 Å². The number of carbonyl (C=O) groups is 2. The molecule has 0 saturated carbocycles. The summed E-state index contributed by atoms with van der Waals surface area (Å²) in [5, 5.41) is 3.51. The Kier molecular flexibility index (Phi) is 6.19. The predicted molar refractivity (Wildman–Crippen MR) is 126 cm³/mol. The Hall–Kier alpha value is -3.31. The summed E-state index contributed by atoms with van der Waals surface area (Å²) in [5.74, 6) is 0.226. The summed E-state index contributed by atoms with van der Waals surface area (Å²) in [6.45, 7) is 4.36. The first-order valence-corrected chi connectivity index (χ1v) is 10.8. The van der Waals surface area contributed by atoms with Gasteiger partial charge in [-0.1, -0.05) is 59.6 Å². The highest BCUT2D eigenvalue weighted by Crippen LogP contribution is 2.35. The van der Waals surface area contributed by atoms with Crippen LogP contribution in [0.15, 0.2) is 60.7 Å². The molecule has 4 rings (SSSR count). The molecule has 0 saturated heterocycles. The molecular weight excluding hydrogens is 424 g/mol. The Bertz CT molecular complexity index is 1170. The topological polar surface area (TPSA) is 58.6 Å². The van der Waals surface area contributed by atoms with Gasteiger partial charge in [0.2, 0.25) is 5.91 Å². The summed E-state index contributed by atoms with van der Waals surface area (Å²) < 4.78 is 5.38. The number of ether oxygens (including phenoxy) is 1. The standard InChI is InChI=1S/C26H25ClN2O3/c1-16-8-10-18(11-9-16)23(29-15-19-6-4-5-7-20(19)26(29)31)14-25(30)28-22-12-17(2)21(27)13-24(22)32-3/h4-13,23H,14-15H2,1-3H3,(H,28,30)/t23-/m1/s1. The van der Waals surface area contributed by atoms with Crippen molar-refractivity contribution >= 4 is 29.1 Å². The molecule has 1 aliphatic rings. The molecule has 0 bridgehead atoms. The van der Waals surface area contributed by atoms with Gasteiger partial charge in [0, 0.05) is 23.2 Å². The van der Waals surface area contributed by atoms with Gasteiger partial charge in [0.15, 0.2) is 0 Å². The van der Waals surface area contributed by atoms with E-state index >= 15 is 0 Å². The van der Waals surface area contributed by atoms with Gasteiger partial charge in [-0.2, -0.15) is 0 Å². The number of amides is 2. The SMILES string of the molecule is COc1cc(Cl)c(C)cc1NC(=O)C[C@H](c1ccc(C)cc1)N1Cc2ccccc2C1=O. The molecular formula is C26H25ClN2O3. The van der Waals surface area contributed by atoms with Crippen molar-refractivity contribution in [1.29, 1.82) is 0 Å². The molecule has 0 aromatic heterocycles. The number of nitrogens with one attached hydrogen (secondary N) is 1. The van der Waals surface area contributed by atoms with Gasteiger partial charge in [0.25, 0.3) is 5.91 Å². The Labute approximate surface area is 193 Å². The molecule has 5 nitrogen and oxygen atoms in total. The molecule has 3 aromatic rings. The summed E-state index contributed by atoms with van der Waals surface area (Å²) >= 11 is 6.19. The van der Waals surface area contributed by atoms with Crippen LogP contribution in [-0.2, 0) is 11.3 Å². The zero-order valence-corrected chi connectivity index (χ0v) is 19.1. The summed E-state index contributed by atoms with van der Waals surface area (Å²) in [7, 11) is 1.53. The van der Waals surface area contributed by atoms with E-state index in [2.05, 4.69) is 5.32 Å². The number of nitrogens with zero attached hydrogens (tertiary/aromatic N) is 1. The van der Waals surface area contributed by atoms with Gasteiger partial charge in [-0.25, -0.2) is 0 Å². The van der Waals surface area contributed by atoms with E-state index in [0.29, 0.717) is 28.6 Å². The van der Waals surface area contributed by atoms with E-state index in [1.54, 1.807) is 17.0 Å². The highest BCUT2D eigenvalue weighted by Gasteiger charge is 2.34. The quantitative estimate of drug-likeness (QED) is 0.526. The van der Waals surface area contributed by atoms with Gasteiger partial charge in [-0.3, -0.25) is 9.59 Å². The lowest BCUT2D eigenvalue weighted by atomic mass is 10.00. The minimum absolute atomic E-state index is 0.0566. The molecule has 6 heteroatoms. The first-order valence-electron chi connectivity index (χ1n) is 10.5. The van der Waals surface area contributed by atoms with E-state index in [1.807, 2.05) is 62.4 Å². The molecule has 1 N–H and O–H groups in total. The number of halogens is 1. The average Bonchev–Trinajstić information content (AvgIpc) is 3.11. The number of aryl methyl sites for hydroxylation is 2. The highest BCUT2D eigenvalue weighted by molar-refractivity contribution is 6.31. The summed E-state index contributed by atoms with van der Waals surface area (Å²) in [4.78, 5) is 28.1. The molecule has 0 aliphatic carbocycles. The number of fused-ring (bicyclic) bond motifs is 1. The highest BCUT2D eigenvalue weighted by atomic mass is 35.5. The van der Waals surface area contributed by atoms with Crippen LogP contribution < -0.4 is 10.1 Å². The van der Waals surface area contributed by atoms with Gasteiger partial charge < -0.3 is 15.0 Å². The second-order valence-corrected chi connectivity index (χ2v) is 8.48. The van der Waals surface area contributed by atoms with Crippen LogP contribution in [0.1, 0.15) is 45.1 Å². The van der Waals surface area contributed by atoms with Crippen LogP contribution in [0.4, 0.5) is 5.69 Å². The van der Waals surface area contributed by atoms with Crippen molar-refractivity contribution in [1.82, 2.24) is 4.90 Å². The second-order valence-electron chi connectivity index (χ2n) is 8.07. The van der Waals surface area contributed by atoms with E-state index in [4.69, 9.17) is 16.3 Å². The minimum Gasteiger partial charge on any atom is -0.495 e. The first kappa shape index (κ1) is 21.9. The van der Waals surface area contributed by atoms with Crippen LogP contribution >= 0.6 is 11.6 Å². The van der Waals surface area contributed by atoms with Gasteiger partial charge in [-0.05, 0) is 42.7 Å². The molecule has 1 atom stereocenters. The van der Waals surface area contributed by atoms with Crippen LogP contribution in [0.5, 0.6) is 5.75 Å². The van der Waals surface area contributed by atoms with Crippen molar-refractivity contribution in [2.75, 3.05) is 12.4 Å². The van der Waals surface area contributed by atoms with Crippen LogP contribution in [-0.4, -0.2) is 23.8 Å². The molecule has 0 fully saturated rings. The van der Waals surface area contributed by atoms with Crippen molar-refractivity contribution < 1.29 is 14.3 Å². The zero-order chi connectivity index (χ0) is 22.8.